The summed E-state index contributed by atoms with van der Waals surface area (Å²) in [7, 11) is 3.39. The molecule has 34 heavy (non-hydrogen) atoms. The van der Waals surface area contributed by atoms with Gasteiger partial charge in [-0.1, -0.05) is 12.1 Å². The molecule has 0 fully saturated rings. The first kappa shape index (κ1) is 21.1. The maximum absolute atomic E-state index is 11.2. The second-order valence-corrected chi connectivity index (χ2v) is 7.78. The molecule has 1 unspecified atom stereocenters. The maximum atomic E-state index is 11.2. The predicted octanol–water partition coefficient (Wildman–Crippen LogP) is 4.02. The van der Waals surface area contributed by atoms with E-state index in [0.717, 1.165) is 27.5 Å². The van der Waals surface area contributed by atoms with Crippen LogP contribution in [0.2, 0.25) is 0 Å². The highest BCUT2D eigenvalue weighted by atomic mass is 16.5. The molecular weight excluding hydrogens is 428 g/mol. The summed E-state index contributed by atoms with van der Waals surface area (Å²) in [6.45, 7) is 0. The van der Waals surface area contributed by atoms with Crippen molar-refractivity contribution < 1.29 is 9.84 Å². The Morgan fingerprint density at radius 1 is 1.03 bits per heavy atom. The van der Waals surface area contributed by atoms with Crippen molar-refractivity contribution in [3.8, 4) is 29.1 Å². The van der Waals surface area contributed by atoms with Crippen molar-refractivity contribution in [3.63, 3.8) is 0 Å². The Bertz CT molecular complexity index is 1640. The number of aliphatic hydroxyl groups excluding tert-OH is 1. The van der Waals surface area contributed by atoms with Crippen molar-refractivity contribution in [2.24, 2.45) is 7.05 Å². The van der Waals surface area contributed by atoms with Gasteiger partial charge in [-0.2, -0.15) is 15.6 Å². The number of nitrogens with zero attached hydrogens (tertiary/aromatic N) is 6. The van der Waals surface area contributed by atoms with E-state index in [0.29, 0.717) is 28.0 Å². The number of nitriles is 2. The van der Waals surface area contributed by atoms with Gasteiger partial charge in [-0.25, -0.2) is 4.98 Å². The van der Waals surface area contributed by atoms with E-state index in [9.17, 15) is 10.4 Å². The molecule has 1 atom stereocenters. The van der Waals surface area contributed by atoms with Crippen LogP contribution in [0, 0.1) is 22.7 Å². The van der Waals surface area contributed by atoms with Gasteiger partial charge in [0.1, 0.15) is 29.3 Å². The summed E-state index contributed by atoms with van der Waals surface area (Å²) in [4.78, 5) is 8.58. The lowest BCUT2D eigenvalue weighted by Gasteiger charge is -2.17. The minimum Gasteiger partial charge on any atom is -0.496 e. The van der Waals surface area contributed by atoms with Gasteiger partial charge in [0.2, 0.25) is 0 Å². The lowest BCUT2D eigenvalue weighted by Crippen LogP contribution is -2.04. The molecule has 0 bridgehead atoms. The summed E-state index contributed by atoms with van der Waals surface area (Å²) in [5.41, 5.74) is 4.98. The average Bonchev–Trinajstić information content (AvgIpc) is 3.24. The predicted molar refractivity (Wildman–Crippen MR) is 126 cm³/mol. The van der Waals surface area contributed by atoms with Crippen LogP contribution in [-0.4, -0.2) is 32.0 Å². The number of aryl methyl sites for hydroxylation is 1. The van der Waals surface area contributed by atoms with E-state index >= 15 is 0 Å². The van der Waals surface area contributed by atoms with E-state index in [1.54, 1.807) is 41.2 Å². The molecule has 0 saturated carbocycles. The minimum atomic E-state index is -1.04. The number of rotatable bonds is 4. The quantitative estimate of drug-likeness (QED) is 0.443. The number of methoxy groups -OCH3 is 1. The van der Waals surface area contributed by atoms with Crippen LogP contribution in [0.3, 0.4) is 0 Å². The van der Waals surface area contributed by atoms with Gasteiger partial charge in [0.05, 0.1) is 36.0 Å². The van der Waals surface area contributed by atoms with E-state index in [-0.39, 0.29) is 5.69 Å². The lowest BCUT2D eigenvalue weighted by atomic mass is 9.96. The van der Waals surface area contributed by atoms with Gasteiger partial charge >= 0.3 is 0 Å². The molecule has 5 rings (SSSR count). The number of ether oxygens (including phenoxy) is 1. The average molecular weight is 446 g/mol. The van der Waals surface area contributed by atoms with Crippen LogP contribution < -0.4 is 4.74 Å². The SMILES string of the molecule is COc1cc2ncc3c(c(-c4ccc(C#N)cc4)nn3C)c2cc1C(O)c1ccnc(C#N)c1. The molecule has 5 aromatic rings. The van der Waals surface area contributed by atoms with Crippen molar-refractivity contribution in [1.29, 1.82) is 10.5 Å². The fourth-order valence-corrected chi connectivity index (χ4v) is 4.13. The van der Waals surface area contributed by atoms with Gasteiger partial charge in [0.15, 0.2) is 0 Å². The minimum absolute atomic E-state index is 0.218. The summed E-state index contributed by atoms with van der Waals surface area (Å²) < 4.78 is 7.34. The second-order valence-electron chi connectivity index (χ2n) is 7.78. The molecule has 8 heteroatoms. The van der Waals surface area contributed by atoms with Crippen LogP contribution in [0.4, 0.5) is 0 Å². The number of hydrogen-bond donors (Lipinski definition) is 1. The molecule has 0 aliphatic carbocycles. The summed E-state index contributed by atoms with van der Waals surface area (Å²) in [5, 5.41) is 35.9. The number of aromatic nitrogens is 4. The standard InChI is InChI=1S/C26H18N6O2/c1-32-22-14-30-21-11-23(34-2)20(26(33)17-7-8-29-18(9-17)13-28)10-19(21)24(22)25(31-32)16-5-3-15(12-27)4-6-16/h3-11,14,26,33H,1-2H3. The van der Waals surface area contributed by atoms with Crippen LogP contribution in [0.25, 0.3) is 33.1 Å². The van der Waals surface area contributed by atoms with Crippen LogP contribution >= 0.6 is 0 Å². The highest BCUT2D eigenvalue weighted by Crippen LogP contribution is 2.38. The van der Waals surface area contributed by atoms with Crippen molar-refractivity contribution >= 4 is 21.8 Å². The number of benzene rings is 2. The van der Waals surface area contributed by atoms with Gasteiger partial charge in [-0.15, -0.1) is 0 Å². The second kappa shape index (κ2) is 8.28. The van der Waals surface area contributed by atoms with E-state index in [1.807, 2.05) is 31.3 Å². The molecule has 0 amide bonds. The summed E-state index contributed by atoms with van der Waals surface area (Å²) in [6, 6.07) is 18.2. The van der Waals surface area contributed by atoms with E-state index in [2.05, 4.69) is 16.0 Å². The molecule has 3 aromatic heterocycles. The van der Waals surface area contributed by atoms with Crippen LogP contribution in [-0.2, 0) is 7.05 Å². The van der Waals surface area contributed by atoms with E-state index in [1.165, 1.54) is 13.3 Å². The smallest absolute Gasteiger partial charge is 0.140 e. The highest BCUT2D eigenvalue weighted by molar-refractivity contribution is 6.11. The molecule has 0 radical (unpaired) electrons. The van der Waals surface area contributed by atoms with Crippen LogP contribution in [0.1, 0.15) is 28.5 Å². The van der Waals surface area contributed by atoms with E-state index in [4.69, 9.17) is 15.1 Å². The Labute approximate surface area is 194 Å². The Balaban J connectivity index is 1.77. The Morgan fingerprint density at radius 3 is 2.53 bits per heavy atom. The normalized spacial score (nSPS) is 11.8. The zero-order valence-electron chi connectivity index (χ0n) is 18.4. The van der Waals surface area contributed by atoms with E-state index < -0.39 is 6.10 Å². The third kappa shape index (κ3) is 3.39. The van der Waals surface area contributed by atoms with Crippen molar-refractivity contribution in [3.05, 3.63) is 83.3 Å². The first-order chi connectivity index (χ1) is 16.5. The molecule has 164 valence electrons. The molecule has 0 aliphatic rings. The zero-order valence-corrected chi connectivity index (χ0v) is 18.4. The molecule has 2 aromatic carbocycles. The topological polar surface area (TPSA) is 121 Å². The third-order valence-electron chi connectivity index (χ3n) is 5.83. The summed E-state index contributed by atoms with van der Waals surface area (Å²) >= 11 is 0. The van der Waals surface area contributed by atoms with Crippen molar-refractivity contribution in [2.75, 3.05) is 7.11 Å². The third-order valence-corrected chi connectivity index (χ3v) is 5.83. The first-order valence-electron chi connectivity index (χ1n) is 10.4. The Morgan fingerprint density at radius 2 is 1.82 bits per heavy atom. The number of hydrogen-bond acceptors (Lipinski definition) is 7. The molecule has 3 heterocycles. The summed E-state index contributed by atoms with van der Waals surface area (Å²) in [5.74, 6) is 0.478. The van der Waals surface area contributed by atoms with Gasteiger partial charge in [0, 0.05) is 41.2 Å². The number of fused-ring (bicyclic) bond motifs is 3. The molecule has 0 saturated heterocycles. The van der Waals surface area contributed by atoms with Gasteiger partial charge in [0.25, 0.3) is 0 Å². The van der Waals surface area contributed by atoms with Crippen molar-refractivity contribution in [2.45, 2.75) is 6.10 Å². The largest absolute Gasteiger partial charge is 0.496 e. The number of pyridine rings is 2. The molecule has 8 nitrogen and oxygen atoms in total. The fraction of sp³-hybridized carbons (Fsp3) is 0.115. The van der Waals surface area contributed by atoms with Crippen LogP contribution in [0.5, 0.6) is 5.75 Å². The maximum Gasteiger partial charge on any atom is 0.140 e. The number of aliphatic hydroxyl groups is 1. The summed E-state index contributed by atoms with van der Waals surface area (Å²) in [6.07, 6.45) is 2.21. The molecule has 0 aliphatic heterocycles. The van der Waals surface area contributed by atoms with Crippen LogP contribution in [0.15, 0.2) is 60.9 Å². The molecule has 0 spiro atoms. The van der Waals surface area contributed by atoms with Gasteiger partial charge < -0.3 is 9.84 Å². The Kier molecular flexibility index (Phi) is 5.14. The lowest BCUT2D eigenvalue weighted by molar-refractivity contribution is 0.215. The van der Waals surface area contributed by atoms with Crippen molar-refractivity contribution in [1.82, 2.24) is 19.7 Å². The zero-order chi connectivity index (χ0) is 23.8. The monoisotopic (exact) mass is 446 g/mol. The highest BCUT2D eigenvalue weighted by Gasteiger charge is 2.21. The Hall–Kier alpha value is -4.79. The first-order valence-corrected chi connectivity index (χ1v) is 10.4. The molecular formula is C26H18N6O2. The van der Waals surface area contributed by atoms with Gasteiger partial charge in [-0.05, 0) is 35.9 Å². The molecule has 1 N–H and O–H groups in total. The van der Waals surface area contributed by atoms with Gasteiger partial charge in [-0.3, -0.25) is 9.67 Å². The fourth-order valence-electron chi connectivity index (χ4n) is 4.13.